The van der Waals surface area contributed by atoms with Crippen molar-refractivity contribution in [3.05, 3.63) is 35.9 Å². The Morgan fingerprint density at radius 2 is 2.10 bits per heavy atom. The number of benzene rings is 1. The van der Waals surface area contributed by atoms with Crippen LogP contribution >= 0.6 is 0 Å². The van der Waals surface area contributed by atoms with E-state index in [1.54, 1.807) is 0 Å². The molecule has 6 nitrogen and oxygen atoms in total. The second kappa shape index (κ2) is 7.08. The van der Waals surface area contributed by atoms with Gasteiger partial charge in [-0.15, -0.1) is 0 Å². The van der Waals surface area contributed by atoms with E-state index in [-0.39, 0.29) is 23.8 Å². The summed E-state index contributed by atoms with van der Waals surface area (Å²) < 4.78 is 0. The fourth-order valence-electron chi connectivity index (χ4n) is 2.14. The fraction of sp³-hybridized carbons (Fsp3) is 0.467. The van der Waals surface area contributed by atoms with Gasteiger partial charge in [0.05, 0.1) is 6.04 Å². The highest BCUT2D eigenvalue weighted by atomic mass is 16.4. The molecule has 0 bridgehead atoms. The summed E-state index contributed by atoms with van der Waals surface area (Å²) in [6.45, 7) is 1.82. The third-order valence-electron chi connectivity index (χ3n) is 3.51. The van der Waals surface area contributed by atoms with Crippen LogP contribution in [0.3, 0.4) is 0 Å². The first-order valence-electron chi connectivity index (χ1n) is 7.18. The molecule has 1 fully saturated rings. The van der Waals surface area contributed by atoms with Crippen LogP contribution < -0.4 is 16.4 Å². The molecular formula is C15H22N4O2. The van der Waals surface area contributed by atoms with Gasteiger partial charge < -0.3 is 16.3 Å². The van der Waals surface area contributed by atoms with Crippen molar-refractivity contribution in [3.8, 4) is 0 Å². The molecule has 2 unspecified atom stereocenters. The van der Waals surface area contributed by atoms with Gasteiger partial charge in [-0.05, 0) is 25.3 Å². The van der Waals surface area contributed by atoms with Crippen LogP contribution in [0, 0.1) is 0 Å². The Hall–Kier alpha value is -2.08. The molecular weight excluding hydrogens is 268 g/mol. The SMILES string of the molecule is CC(NC(C/C(N)=N/O)c1ccccc1)C(=O)NC1CC1. The second-order valence-corrected chi connectivity index (χ2v) is 5.43. The van der Waals surface area contributed by atoms with Crippen molar-refractivity contribution in [1.82, 2.24) is 10.6 Å². The summed E-state index contributed by atoms with van der Waals surface area (Å²) in [5, 5.41) is 18.0. The van der Waals surface area contributed by atoms with E-state index < -0.39 is 0 Å². The van der Waals surface area contributed by atoms with Crippen molar-refractivity contribution in [1.29, 1.82) is 0 Å². The lowest BCUT2D eigenvalue weighted by Crippen LogP contribution is -2.45. The molecule has 1 aromatic carbocycles. The Kier molecular flexibility index (Phi) is 5.16. The number of hydrogen-bond donors (Lipinski definition) is 4. The zero-order valence-corrected chi connectivity index (χ0v) is 12.1. The van der Waals surface area contributed by atoms with E-state index in [9.17, 15) is 4.79 Å². The Balaban J connectivity index is 2.02. The zero-order valence-electron chi connectivity index (χ0n) is 12.1. The highest BCUT2D eigenvalue weighted by molar-refractivity contribution is 5.82. The minimum absolute atomic E-state index is 0.0158. The number of nitrogens with zero attached hydrogens (tertiary/aromatic N) is 1. The number of carbonyl (C=O) groups is 1. The molecule has 1 aromatic rings. The van der Waals surface area contributed by atoms with Crippen molar-refractivity contribution >= 4 is 11.7 Å². The zero-order chi connectivity index (χ0) is 15.2. The molecule has 2 atom stereocenters. The lowest BCUT2D eigenvalue weighted by molar-refractivity contribution is -0.123. The maximum atomic E-state index is 12.0. The van der Waals surface area contributed by atoms with Crippen LogP contribution in [0.25, 0.3) is 0 Å². The molecule has 6 heteroatoms. The lowest BCUT2D eigenvalue weighted by Gasteiger charge is -2.23. The van der Waals surface area contributed by atoms with Crippen LogP contribution in [0.2, 0.25) is 0 Å². The largest absolute Gasteiger partial charge is 0.409 e. The van der Waals surface area contributed by atoms with Gasteiger partial charge in [0.15, 0.2) is 0 Å². The number of hydrogen-bond acceptors (Lipinski definition) is 4. The topological polar surface area (TPSA) is 99.7 Å². The minimum Gasteiger partial charge on any atom is -0.409 e. The van der Waals surface area contributed by atoms with E-state index in [0.717, 1.165) is 18.4 Å². The number of nitrogens with one attached hydrogen (secondary N) is 2. The van der Waals surface area contributed by atoms with E-state index in [4.69, 9.17) is 10.9 Å². The van der Waals surface area contributed by atoms with Crippen molar-refractivity contribution in [2.24, 2.45) is 10.9 Å². The Morgan fingerprint density at radius 3 is 2.67 bits per heavy atom. The molecule has 0 spiro atoms. The van der Waals surface area contributed by atoms with Crippen molar-refractivity contribution < 1.29 is 10.0 Å². The molecule has 21 heavy (non-hydrogen) atoms. The van der Waals surface area contributed by atoms with Gasteiger partial charge in [-0.1, -0.05) is 35.5 Å². The Labute approximate surface area is 124 Å². The highest BCUT2D eigenvalue weighted by Crippen LogP contribution is 2.20. The summed E-state index contributed by atoms with van der Waals surface area (Å²) in [5.74, 6) is 0.115. The van der Waals surface area contributed by atoms with Gasteiger partial charge in [0.25, 0.3) is 0 Å². The third kappa shape index (κ3) is 4.75. The number of oxime groups is 1. The standard InChI is InChI=1S/C15H22N4O2/c1-10(15(20)18-12-7-8-12)17-13(9-14(16)19-21)11-5-3-2-4-6-11/h2-6,10,12-13,17,21H,7-9H2,1H3,(H2,16,19)(H,18,20). The Morgan fingerprint density at radius 1 is 1.43 bits per heavy atom. The summed E-state index contributed by atoms with van der Waals surface area (Å²) in [6.07, 6.45) is 2.46. The predicted molar refractivity (Wildman–Crippen MR) is 81.0 cm³/mol. The van der Waals surface area contributed by atoms with Crippen molar-refractivity contribution in [2.75, 3.05) is 0 Å². The van der Waals surface area contributed by atoms with Crippen LogP contribution in [0.4, 0.5) is 0 Å². The third-order valence-corrected chi connectivity index (χ3v) is 3.51. The maximum absolute atomic E-state index is 12.0. The normalized spacial score (nSPS) is 18.0. The first kappa shape index (κ1) is 15.3. The number of nitrogens with two attached hydrogens (primary N) is 1. The second-order valence-electron chi connectivity index (χ2n) is 5.43. The average molecular weight is 290 g/mol. The number of rotatable bonds is 7. The molecule has 1 saturated carbocycles. The molecule has 2 rings (SSSR count). The van der Waals surface area contributed by atoms with Gasteiger partial charge in [0.2, 0.25) is 5.91 Å². The highest BCUT2D eigenvalue weighted by Gasteiger charge is 2.27. The fourth-order valence-corrected chi connectivity index (χ4v) is 2.14. The van der Waals surface area contributed by atoms with E-state index in [1.807, 2.05) is 37.3 Å². The molecule has 1 aliphatic carbocycles. The summed E-state index contributed by atoms with van der Waals surface area (Å²) in [6, 6.07) is 9.48. The average Bonchev–Trinajstić information content (AvgIpc) is 3.31. The van der Waals surface area contributed by atoms with Crippen molar-refractivity contribution in [3.63, 3.8) is 0 Å². The van der Waals surface area contributed by atoms with Gasteiger partial charge in [0.1, 0.15) is 5.84 Å². The van der Waals surface area contributed by atoms with Crippen LogP contribution in [-0.2, 0) is 4.79 Å². The molecule has 0 radical (unpaired) electrons. The minimum atomic E-state index is -0.345. The molecule has 5 N–H and O–H groups in total. The van der Waals surface area contributed by atoms with E-state index in [2.05, 4.69) is 15.8 Å². The number of amides is 1. The summed E-state index contributed by atoms with van der Waals surface area (Å²) in [7, 11) is 0. The van der Waals surface area contributed by atoms with Crippen LogP contribution in [-0.4, -0.2) is 29.0 Å². The van der Waals surface area contributed by atoms with Gasteiger partial charge in [-0.25, -0.2) is 0 Å². The summed E-state index contributed by atoms with van der Waals surface area (Å²) in [5.41, 5.74) is 6.61. The lowest BCUT2D eigenvalue weighted by atomic mass is 10.0. The smallest absolute Gasteiger partial charge is 0.237 e. The summed E-state index contributed by atoms with van der Waals surface area (Å²) in [4.78, 5) is 12.0. The number of amidine groups is 1. The van der Waals surface area contributed by atoms with E-state index in [0.29, 0.717) is 12.5 Å². The monoisotopic (exact) mass is 290 g/mol. The Bertz CT molecular complexity index is 500. The molecule has 1 aliphatic rings. The van der Waals surface area contributed by atoms with Gasteiger partial charge >= 0.3 is 0 Å². The molecule has 1 amide bonds. The summed E-state index contributed by atoms with van der Waals surface area (Å²) >= 11 is 0. The predicted octanol–water partition coefficient (Wildman–Crippen LogP) is 1.12. The quantitative estimate of drug-likeness (QED) is 0.262. The van der Waals surface area contributed by atoms with Gasteiger partial charge in [-0.2, -0.15) is 0 Å². The van der Waals surface area contributed by atoms with E-state index >= 15 is 0 Å². The molecule has 114 valence electrons. The molecule has 0 heterocycles. The molecule has 0 saturated heterocycles. The molecule has 0 aliphatic heterocycles. The van der Waals surface area contributed by atoms with Crippen LogP contribution in [0.5, 0.6) is 0 Å². The van der Waals surface area contributed by atoms with Crippen LogP contribution in [0.15, 0.2) is 35.5 Å². The van der Waals surface area contributed by atoms with Crippen LogP contribution in [0.1, 0.15) is 37.8 Å². The van der Waals surface area contributed by atoms with Gasteiger partial charge in [0, 0.05) is 18.5 Å². The number of carbonyl (C=O) groups excluding carboxylic acids is 1. The van der Waals surface area contributed by atoms with Crippen molar-refractivity contribution in [2.45, 2.75) is 44.3 Å². The first-order valence-corrected chi connectivity index (χ1v) is 7.18. The van der Waals surface area contributed by atoms with Gasteiger partial charge in [-0.3, -0.25) is 10.1 Å². The maximum Gasteiger partial charge on any atom is 0.237 e. The first-order chi connectivity index (χ1) is 10.1. The van der Waals surface area contributed by atoms with E-state index in [1.165, 1.54) is 0 Å². The molecule has 0 aromatic heterocycles.